The van der Waals surface area contributed by atoms with Gasteiger partial charge in [-0.05, 0) is 35.4 Å². The lowest BCUT2D eigenvalue weighted by molar-refractivity contribution is 0.432. The van der Waals surface area contributed by atoms with Crippen molar-refractivity contribution >= 4 is 5.82 Å². The maximum Gasteiger partial charge on any atom is 0.165 e. The van der Waals surface area contributed by atoms with Crippen molar-refractivity contribution in [1.29, 1.82) is 0 Å². The van der Waals surface area contributed by atoms with Crippen molar-refractivity contribution in [3.8, 4) is 16.9 Å². The molecule has 76 valence electrons. The van der Waals surface area contributed by atoms with Gasteiger partial charge in [0.05, 0.1) is 0 Å². The lowest BCUT2D eigenvalue weighted by Crippen LogP contribution is -1.89. The van der Waals surface area contributed by atoms with Gasteiger partial charge in [0, 0.05) is 6.20 Å². The van der Waals surface area contributed by atoms with Crippen molar-refractivity contribution < 1.29 is 9.50 Å². The Labute approximate surface area is 86.0 Å². The smallest absolute Gasteiger partial charge is 0.165 e. The highest BCUT2D eigenvalue weighted by Crippen LogP contribution is 2.25. The van der Waals surface area contributed by atoms with Crippen LogP contribution in [0.15, 0.2) is 36.5 Å². The summed E-state index contributed by atoms with van der Waals surface area (Å²) in [5.74, 6) is -0.635. The monoisotopic (exact) mass is 204 g/mol. The molecule has 0 atom stereocenters. The quantitative estimate of drug-likeness (QED) is 0.748. The molecule has 0 saturated carbocycles. The number of benzene rings is 1. The number of phenolic OH excluding ortho intramolecular Hbond substituents is 1. The Kier molecular flexibility index (Phi) is 2.25. The van der Waals surface area contributed by atoms with Crippen molar-refractivity contribution in [2.75, 3.05) is 5.73 Å². The maximum atomic E-state index is 13.1. The van der Waals surface area contributed by atoms with Crippen molar-refractivity contribution in [2.24, 2.45) is 0 Å². The summed E-state index contributed by atoms with van der Waals surface area (Å²) in [5, 5.41) is 9.03. The van der Waals surface area contributed by atoms with Gasteiger partial charge in [-0.3, -0.25) is 0 Å². The predicted octanol–water partition coefficient (Wildman–Crippen LogP) is 2.18. The van der Waals surface area contributed by atoms with E-state index in [4.69, 9.17) is 10.8 Å². The molecule has 0 saturated heterocycles. The molecule has 0 radical (unpaired) electrons. The third kappa shape index (κ3) is 1.88. The van der Waals surface area contributed by atoms with Crippen LogP contribution >= 0.6 is 0 Å². The molecular weight excluding hydrogens is 195 g/mol. The number of aromatic hydroxyl groups is 1. The molecule has 15 heavy (non-hydrogen) atoms. The van der Waals surface area contributed by atoms with Crippen LogP contribution in [-0.2, 0) is 0 Å². The van der Waals surface area contributed by atoms with Gasteiger partial charge >= 0.3 is 0 Å². The highest BCUT2D eigenvalue weighted by atomic mass is 19.1. The Bertz CT molecular complexity index is 500. The average Bonchev–Trinajstić information content (AvgIpc) is 2.22. The van der Waals surface area contributed by atoms with Crippen LogP contribution < -0.4 is 5.73 Å². The predicted molar refractivity (Wildman–Crippen MR) is 55.7 cm³/mol. The second-order valence-electron chi connectivity index (χ2n) is 3.14. The molecule has 1 aromatic heterocycles. The first-order valence-electron chi connectivity index (χ1n) is 4.37. The fraction of sp³-hybridized carbons (Fsp3) is 0. The van der Waals surface area contributed by atoms with E-state index < -0.39 is 5.82 Å². The van der Waals surface area contributed by atoms with Crippen LogP contribution in [0.3, 0.4) is 0 Å². The van der Waals surface area contributed by atoms with E-state index in [0.717, 1.165) is 5.56 Å². The number of aromatic nitrogens is 1. The molecule has 3 N–H and O–H groups in total. The first kappa shape index (κ1) is 9.45. The topological polar surface area (TPSA) is 59.1 Å². The summed E-state index contributed by atoms with van der Waals surface area (Å²) in [6, 6.07) is 7.55. The molecule has 0 spiro atoms. The Morgan fingerprint density at radius 3 is 2.53 bits per heavy atom. The van der Waals surface area contributed by atoms with E-state index in [0.29, 0.717) is 11.4 Å². The van der Waals surface area contributed by atoms with Crippen LogP contribution in [-0.4, -0.2) is 10.1 Å². The fourth-order valence-corrected chi connectivity index (χ4v) is 1.31. The molecule has 2 rings (SSSR count). The third-order valence-electron chi connectivity index (χ3n) is 2.06. The zero-order valence-electron chi connectivity index (χ0n) is 7.81. The molecule has 0 fully saturated rings. The van der Waals surface area contributed by atoms with Gasteiger partial charge in [0.1, 0.15) is 5.82 Å². The van der Waals surface area contributed by atoms with Gasteiger partial charge in [-0.2, -0.15) is 0 Å². The molecule has 2 aromatic rings. The number of nitrogens with zero attached hydrogens (tertiary/aromatic N) is 1. The van der Waals surface area contributed by atoms with Gasteiger partial charge < -0.3 is 10.8 Å². The molecule has 3 nitrogen and oxygen atoms in total. The molecule has 0 aliphatic rings. The standard InChI is InChI=1S/C11H9FN2O/c12-9-5-7(1-2-10(9)15)8-3-4-14-11(13)6-8/h1-6,15H,(H2,13,14). The zero-order chi connectivity index (χ0) is 10.8. The average molecular weight is 204 g/mol. The summed E-state index contributed by atoms with van der Waals surface area (Å²) in [6.07, 6.45) is 1.55. The van der Waals surface area contributed by atoms with Gasteiger partial charge in [-0.1, -0.05) is 6.07 Å². The second-order valence-corrected chi connectivity index (χ2v) is 3.14. The number of hydrogen-bond acceptors (Lipinski definition) is 3. The summed E-state index contributed by atoms with van der Waals surface area (Å²) in [5.41, 5.74) is 6.93. The largest absolute Gasteiger partial charge is 0.505 e. The Hall–Kier alpha value is -2.10. The number of nitrogen functional groups attached to an aromatic ring is 1. The molecule has 4 heteroatoms. The highest BCUT2D eigenvalue weighted by Gasteiger charge is 2.03. The minimum Gasteiger partial charge on any atom is -0.505 e. The van der Waals surface area contributed by atoms with E-state index in [2.05, 4.69) is 4.98 Å². The van der Waals surface area contributed by atoms with Gasteiger partial charge in [-0.15, -0.1) is 0 Å². The Morgan fingerprint density at radius 2 is 1.87 bits per heavy atom. The molecule has 0 amide bonds. The van der Waals surface area contributed by atoms with Crippen molar-refractivity contribution in [3.63, 3.8) is 0 Å². The first-order valence-corrected chi connectivity index (χ1v) is 4.37. The molecule has 0 bridgehead atoms. The Morgan fingerprint density at radius 1 is 1.13 bits per heavy atom. The van der Waals surface area contributed by atoms with Gasteiger partial charge in [0.2, 0.25) is 0 Å². The summed E-state index contributed by atoms with van der Waals surface area (Å²) < 4.78 is 13.1. The minimum atomic E-state index is -0.650. The van der Waals surface area contributed by atoms with Gasteiger partial charge in [0.15, 0.2) is 11.6 Å². The number of halogens is 1. The number of phenols is 1. The van der Waals surface area contributed by atoms with Crippen molar-refractivity contribution in [3.05, 3.63) is 42.3 Å². The summed E-state index contributed by atoms with van der Waals surface area (Å²) in [6.45, 7) is 0. The summed E-state index contributed by atoms with van der Waals surface area (Å²) >= 11 is 0. The van der Waals surface area contributed by atoms with Crippen LogP contribution in [0.4, 0.5) is 10.2 Å². The van der Waals surface area contributed by atoms with E-state index in [9.17, 15) is 4.39 Å². The van der Waals surface area contributed by atoms with Crippen molar-refractivity contribution in [1.82, 2.24) is 4.98 Å². The van der Waals surface area contributed by atoms with Crippen LogP contribution in [0, 0.1) is 5.82 Å². The SMILES string of the molecule is Nc1cc(-c2ccc(O)c(F)c2)ccn1. The Balaban J connectivity index is 2.50. The second kappa shape index (κ2) is 3.57. The van der Waals surface area contributed by atoms with E-state index >= 15 is 0 Å². The van der Waals surface area contributed by atoms with Crippen molar-refractivity contribution in [2.45, 2.75) is 0 Å². The first-order chi connectivity index (χ1) is 7.16. The summed E-state index contributed by atoms with van der Waals surface area (Å²) in [4.78, 5) is 3.84. The number of nitrogens with two attached hydrogens (primary N) is 1. The lowest BCUT2D eigenvalue weighted by Gasteiger charge is -2.03. The molecule has 0 aliphatic heterocycles. The van der Waals surface area contributed by atoms with Gasteiger partial charge in [0.25, 0.3) is 0 Å². The molecule has 0 unspecified atom stereocenters. The number of anilines is 1. The lowest BCUT2D eigenvalue weighted by atomic mass is 10.1. The molecule has 1 aromatic carbocycles. The number of hydrogen-bond donors (Lipinski definition) is 2. The maximum absolute atomic E-state index is 13.1. The van der Waals surface area contributed by atoms with Crippen LogP contribution in [0.25, 0.3) is 11.1 Å². The highest BCUT2D eigenvalue weighted by molar-refractivity contribution is 5.66. The fourth-order valence-electron chi connectivity index (χ4n) is 1.31. The van der Waals surface area contributed by atoms with E-state index in [1.54, 1.807) is 24.4 Å². The van der Waals surface area contributed by atoms with E-state index in [-0.39, 0.29) is 5.75 Å². The normalized spacial score (nSPS) is 10.2. The minimum absolute atomic E-state index is 0.360. The van der Waals surface area contributed by atoms with E-state index in [1.165, 1.54) is 12.1 Å². The van der Waals surface area contributed by atoms with E-state index in [1.807, 2.05) is 0 Å². The zero-order valence-corrected chi connectivity index (χ0v) is 7.81. The molecule has 0 aliphatic carbocycles. The molecular formula is C11H9FN2O. The molecule has 1 heterocycles. The van der Waals surface area contributed by atoms with Crippen LogP contribution in [0.2, 0.25) is 0 Å². The number of pyridine rings is 1. The van der Waals surface area contributed by atoms with Crippen LogP contribution in [0.5, 0.6) is 5.75 Å². The third-order valence-corrected chi connectivity index (χ3v) is 2.06. The number of rotatable bonds is 1. The van der Waals surface area contributed by atoms with Crippen LogP contribution in [0.1, 0.15) is 0 Å². The van der Waals surface area contributed by atoms with Gasteiger partial charge in [-0.25, -0.2) is 9.37 Å². The summed E-state index contributed by atoms with van der Waals surface area (Å²) in [7, 11) is 0.